The van der Waals surface area contributed by atoms with Gasteiger partial charge in [-0.25, -0.2) is 4.98 Å². The van der Waals surface area contributed by atoms with Crippen LogP contribution in [0.4, 0.5) is 0 Å². The smallest absolute Gasteiger partial charge is 0.263 e. The van der Waals surface area contributed by atoms with E-state index in [1.807, 2.05) is 30.3 Å². The van der Waals surface area contributed by atoms with E-state index in [1.54, 1.807) is 0 Å². The number of ketones is 1. The summed E-state index contributed by atoms with van der Waals surface area (Å²) in [6, 6.07) is 9.75. The van der Waals surface area contributed by atoms with Crippen LogP contribution in [0.15, 0.2) is 47.2 Å². The molecule has 1 aliphatic carbocycles. The predicted octanol–water partition coefficient (Wildman–Crippen LogP) is 4.49. The summed E-state index contributed by atoms with van der Waals surface area (Å²) in [4.78, 5) is 28.6. The lowest BCUT2D eigenvalue weighted by atomic mass is 9.75. The van der Waals surface area contributed by atoms with Crippen LogP contribution in [0.1, 0.15) is 73.5 Å². The molecule has 144 valence electrons. The fourth-order valence-corrected chi connectivity index (χ4v) is 4.38. The molecule has 0 bridgehead atoms. The summed E-state index contributed by atoms with van der Waals surface area (Å²) >= 11 is 0. The van der Waals surface area contributed by atoms with Crippen LogP contribution in [-0.2, 0) is 4.79 Å². The number of hydrogen-bond acceptors (Lipinski definition) is 4. The lowest BCUT2D eigenvalue weighted by molar-refractivity contribution is -0.119. The van der Waals surface area contributed by atoms with Crippen LogP contribution in [0.25, 0.3) is 0 Å². The Kier molecular flexibility index (Phi) is 6.80. The van der Waals surface area contributed by atoms with Crippen molar-refractivity contribution in [3.8, 4) is 0 Å². The molecule has 1 heterocycles. The number of nitrogens with two attached hydrogens (primary N) is 1. The van der Waals surface area contributed by atoms with E-state index < -0.39 is 0 Å². The number of amides is 1. The Labute approximate surface area is 160 Å². The number of Topliss-reactive ketones (excluding diaryl/α,β-unsaturated/α-hetero) is 1. The van der Waals surface area contributed by atoms with Gasteiger partial charge >= 0.3 is 0 Å². The number of carbonyl (C=O) groups excluding carboxylic acids is 2. The first-order valence-electron chi connectivity index (χ1n) is 9.92. The zero-order valence-corrected chi connectivity index (χ0v) is 15.7. The normalized spacial score (nSPS) is 17.3. The predicted molar refractivity (Wildman–Crippen MR) is 103 cm³/mol. The SMILES string of the molecule is NC(=O)CC(CCC(C(=O)c1ncco1)c1ccccc1)C1CCCCC1. The number of primary amides is 1. The van der Waals surface area contributed by atoms with E-state index in [0.29, 0.717) is 18.8 Å². The standard InChI is InChI=1S/C22H28N2O3/c23-20(25)15-18(16-7-3-1-4-8-16)11-12-19(17-9-5-2-6-10-17)21(26)22-24-13-14-27-22/h2,5-6,9-10,13-14,16,18-19H,1,3-4,7-8,11-12,15H2,(H2,23,25). The topological polar surface area (TPSA) is 86.2 Å². The molecule has 3 rings (SSSR count). The van der Waals surface area contributed by atoms with Crippen LogP contribution >= 0.6 is 0 Å². The molecular formula is C22H28N2O3. The molecule has 1 saturated carbocycles. The molecule has 27 heavy (non-hydrogen) atoms. The van der Waals surface area contributed by atoms with E-state index >= 15 is 0 Å². The fraction of sp³-hybridized carbons (Fsp3) is 0.500. The Morgan fingerprint density at radius 3 is 2.48 bits per heavy atom. The molecule has 1 aromatic carbocycles. The molecule has 5 heteroatoms. The quantitative estimate of drug-likeness (QED) is 0.661. The summed E-state index contributed by atoms with van der Waals surface area (Å²) in [7, 11) is 0. The van der Waals surface area contributed by atoms with Crippen molar-refractivity contribution < 1.29 is 14.0 Å². The Morgan fingerprint density at radius 2 is 1.85 bits per heavy atom. The van der Waals surface area contributed by atoms with E-state index in [0.717, 1.165) is 24.8 Å². The van der Waals surface area contributed by atoms with E-state index in [1.165, 1.54) is 31.7 Å². The van der Waals surface area contributed by atoms with Crippen LogP contribution in [0.5, 0.6) is 0 Å². The lowest BCUT2D eigenvalue weighted by Crippen LogP contribution is -2.25. The number of nitrogens with zero attached hydrogens (tertiary/aromatic N) is 1. The minimum atomic E-state index is -0.316. The van der Waals surface area contributed by atoms with Gasteiger partial charge < -0.3 is 10.2 Å². The van der Waals surface area contributed by atoms with Crippen LogP contribution in [0, 0.1) is 11.8 Å². The van der Waals surface area contributed by atoms with Gasteiger partial charge in [-0.1, -0.05) is 62.4 Å². The van der Waals surface area contributed by atoms with Crippen molar-refractivity contribution in [1.82, 2.24) is 4.98 Å². The van der Waals surface area contributed by atoms with Crippen molar-refractivity contribution in [2.24, 2.45) is 17.6 Å². The second kappa shape index (κ2) is 9.49. The minimum absolute atomic E-state index is 0.104. The average Bonchev–Trinajstić information content (AvgIpc) is 3.23. The highest BCUT2D eigenvalue weighted by molar-refractivity contribution is 5.97. The van der Waals surface area contributed by atoms with Crippen LogP contribution < -0.4 is 5.73 Å². The largest absolute Gasteiger partial charge is 0.442 e. The molecule has 1 aliphatic rings. The highest BCUT2D eigenvalue weighted by Gasteiger charge is 2.30. The van der Waals surface area contributed by atoms with Gasteiger partial charge in [0.05, 0.1) is 12.1 Å². The summed E-state index contributed by atoms with van der Waals surface area (Å²) in [5.74, 6) is 0.246. The molecule has 0 spiro atoms. The van der Waals surface area contributed by atoms with Gasteiger partial charge in [-0.3, -0.25) is 9.59 Å². The van der Waals surface area contributed by atoms with Crippen molar-refractivity contribution >= 4 is 11.7 Å². The minimum Gasteiger partial charge on any atom is -0.442 e. The van der Waals surface area contributed by atoms with Gasteiger partial charge in [0, 0.05) is 6.42 Å². The highest BCUT2D eigenvalue weighted by Crippen LogP contribution is 2.36. The maximum atomic E-state index is 13.0. The summed E-state index contributed by atoms with van der Waals surface area (Å²) in [6.07, 6.45) is 10.8. The van der Waals surface area contributed by atoms with Gasteiger partial charge in [-0.05, 0) is 30.2 Å². The van der Waals surface area contributed by atoms with E-state index in [2.05, 4.69) is 4.98 Å². The van der Waals surface area contributed by atoms with Crippen molar-refractivity contribution in [3.63, 3.8) is 0 Å². The molecule has 0 saturated heterocycles. The van der Waals surface area contributed by atoms with Crippen molar-refractivity contribution in [2.45, 2.75) is 57.3 Å². The Morgan fingerprint density at radius 1 is 1.11 bits per heavy atom. The number of hydrogen-bond donors (Lipinski definition) is 1. The molecular weight excluding hydrogens is 340 g/mol. The fourth-order valence-electron chi connectivity index (χ4n) is 4.38. The lowest BCUT2D eigenvalue weighted by Gasteiger charge is -2.30. The molecule has 0 aliphatic heterocycles. The van der Waals surface area contributed by atoms with Crippen molar-refractivity contribution in [1.29, 1.82) is 0 Å². The first-order chi connectivity index (χ1) is 13.1. The molecule has 2 N–H and O–H groups in total. The maximum Gasteiger partial charge on any atom is 0.263 e. The molecule has 0 radical (unpaired) electrons. The summed E-state index contributed by atoms with van der Waals surface area (Å²) in [6.45, 7) is 0. The highest BCUT2D eigenvalue weighted by atomic mass is 16.3. The summed E-state index contributed by atoms with van der Waals surface area (Å²) < 4.78 is 5.25. The average molecular weight is 368 g/mol. The molecule has 2 aromatic rings. The van der Waals surface area contributed by atoms with Crippen molar-refractivity contribution in [3.05, 3.63) is 54.2 Å². The van der Waals surface area contributed by atoms with E-state index in [-0.39, 0.29) is 29.4 Å². The first kappa shape index (κ1) is 19.3. The summed E-state index contributed by atoms with van der Waals surface area (Å²) in [5.41, 5.74) is 6.48. The third-order valence-corrected chi connectivity index (χ3v) is 5.77. The van der Waals surface area contributed by atoms with Crippen LogP contribution in [0.2, 0.25) is 0 Å². The molecule has 5 nitrogen and oxygen atoms in total. The van der Waals surface area contributed by atoms with Gasteiger partial charge in [0.25, 0.3) is 5.89 Å². The van der Waals surface area contributed by atoms with E-state index in [4.69, 9.17) is 10.2 Å². The van der Waals surface area contributed by atoms with Crippen LogP contribution in [0.3, 0.4) is 0 Å². The molecule has 1 amide bonds. The number of rotatable bonds is 9. The van der Waals surface area contributed by atoms with Gasteiger partial charge in [-0.15, -0.1) is 0 Å². The molecule has 1 aromatic heterocycles. The zero-order chi connectivity index (χ0) is 19.1. The first-order valence-corrected chi connectivity index (χ1v) is 9.92. The molecule has 1 fully saturated rings. The van der Waals surface area contributed by atoms with Crippen molar-refractivity contribution in [2.75, 3.05) is 0 Å². The number of carbonyl (C=O) groups is 2. The third kappa shape index (κ3) is 5.28. The zero-order valence-electron chi connectivity index (χ0n) is 15.7. The maximum absolute atomic E-state index is 13.0. The van der Waals surface area contributed by atoms with Gasteiger partial charge in [0.2, 0.25) is 11.7 Å². The number of oxazole rings is 1. The van der Waals surface area contributed by atoms with Gasteiger partial charge in [0.15, 0.2) is 0 Å². The molecule has 2 atom stereocenters. The second-order valence-electron chi connectivity index (χ2n) is 7.57. The van der Waals surface area contributed by atoms with Gasteiger partial charge in [-0.2, -0.15) is 0 Å². The Bertz CT molecular complexity index is 721. The van der Waals surface area contributed by atoms with Gasteiger partial charge in [0.1, 0.15) is 6.26 Å². The number of benzene rings is 1. The summed E-state index contributed by atoms with van der Waals surface area (Å²) in [5, 5.41) is 0. The second-order valence-corrected chi connectivity index (χ2v) is 7.57. The Hall–Kier alpha value is -2.43. The molecule has 2 unspecified atom stereocenters. The van der Waals surface area contributed by atoms with Crippen LogP contribution in [-0.4, -0.2) is 16.7 Å². The Balaban J connectivity index is 1.75. The monoisotopic (exact) mass is 368 g/mol. The van der Waals surface area contributed by atoms with E-state index in [9.17, 15) is 9.59 Å². The number of aromatic nitrogens is 1. The third-order valence-electron chi connectivity index (χ3n) is 5.77.